The molecule has 0 atom stereocenters. The molecule has 1 aliphatic rings. The Morgan fingerprint density at radius 3 is 2.44 bits per heavy atom. The zero-order valence-corrected chi connectivity index (χ0v) is 11.4. The van der Waals surface area contributed by atoms with Crippen molar-refractivity contribution in [2.45, 2.75) is 38.3 Å². The number of esters is 1. The molecule has 0 unspecified atom stereocenters. The van der Waals surface area contributed by atoms with E-state index >= 15 is 0 Å². The van der Waals surface area contributed by atoms with E-state index in [1.54, 1.807) is 13.8 Å². The largest absolute Gasteiger partial charge is 0.467 e. The minimum absolute atomic E-state index is 0.166. The SMILES string of the molecule is COC(=O)C(C)(C)NC(=O)CN1CCC(N)CC1. The van der Waals surface area contributed by atoms with Crippen LogP contribution in [0, 0.1) is 0 Å². The Labute approximate surface area is 108 Å². The molecular weight excluding hydrogens is 234 g/mol. The molecule has 0 aromatic heterocycles. The molecule has 104 valence electrons. The van der Waals surface area contributed by atoms with Crippen LogP contribution in [-0.2, 0) is 14.3 Å². The molecule has 0 saturated carbocycles. The second kappa shape index (κ2) is 6.15. The van der Waals surface area contributed by atoms with Gasteiger partial charge in [-0.15, -0.1) is 0 Å². The van der Waals surface area contributed by atoms with Crippen molar-refractivity contribution in [1.29, 1.82) is 0 Å². The highest BCUT2D eigenvalue weighted by Crippen LogP contribution is 2.08. The predicted octanol–water partition coefficient (Wildman–Crippen LogP) is -0.523. The van der Waals surface area contributed by atoms with E-state index in [0.29, 0.717) is 6.54 Å². The van der Waals surface area contributed by atoms with Gasteiger partial charge in [0.05, 0.1) is 13.7 Å². The first-order valence-corrected chi connectivity index (χ1v) is 6.22. The van der Waals surface area contributed by atoms with E-state index in [1.165, 1.54) is 7.11 Å². The highest BCUT2D eigenvalue weighted by molar-refractivity contribution is 5.88. The van der Waals surface area contributed by atoms with Gasteiger partial charge in [0.2, 0.25) is 5.91 Å². The third-order valence-corrected chi connectivity index (χ3v) is 3.15. The van der Waals surface area contributed by atoms with E-state index in [4.69, 9.17) is 5.73 Å². The summed E-state index contributed by atoms with van der Waals surface area (Å²) < 4.78 is 4.64. The summed E-state index contributed by atoms with van der Waals surface area (Å²) in [6.07, 6.45) is 1.82. The van der Waals surface area contributed by atoms with E-state index in [0.717, 1.165) is 25.9 Å². The van der Waals surface area contributed by atoms with E-state index in [-0.39, 0.29) is 11.9 Å². The topological polar surface area (TPSA) is 84.7 Å². The molecule has 0 spiro atoms. The van der Waals surface area contributed by atoms with Crippen LogP contribution in [0.4, 0.5) is 0 Å². The van der Waals surface area contributed by atoms with Gasteiger partial charge in [-0.05, 0) is 26.7 Å². The lowest BCUT2D eigenvalue weighted by molar-refractivity contribution is -0.149. The number of nitrogens with one attached hydrogen (secondary N) is 1. The van der Waals surface area contributed by atoms with Crippen molar-refractivity contribution >= 4 is 11.9 Å². The van der Waals surface area contributed by atoms with Crippen LogP contribution in [0.3, 0.4) is 0 Å². The predicted molar refractivity (Wildman–Crippen MR) is 67.9 cm³/mol. The van der Waals surface area contributed by atoms with Gasteiger partial charge in [0.15, 0.2) is 0 Å². The van der Waals surface area contributed by atoms with Crippen LogP contribution in [0.5, 0.6) is 0 Å². The summed E-state index contributed by atoms with van der Waals surface area (Å²) in [4.78, 5) is 25.3. The number of ether oxygens (including phenoxy) is 1. The lowest BCUT2D eigenvalue weighted by atomic mass is 10.1. The molecule has 0 bridgehead atoms. The lowest BCUT2D eigenvalue weighted by Crippen LogP contribution is -2.53. The van der Waals surface area contributed by atoms with Crippen molar-refractivity contribution in [3.63, 3.8) is 0 Å². The molecule has 0 aliphatic carbocycles. The number of piperidine rings is 1. The molecule has 0 aromatic rings. The number of carbonyl (C=O) groups is 2. The average Bonchev–Trinajstić information content (AvgIpc) is 2.30. The minimum atomic E-state index is -0.988. The van der Waals surface area contributed by atoms with Crippen molar-refractivity contribution in [2.24, 2.45) is 5.73 Å². The van der Waals surface area contributed by atoms with Crippen LogP contribution < -0.4 is 11.1 Å². The fourth-order valence-electron chi connectivity index (χ4n) is 2.01. The number of amides is 1. The van der Waals surface area contributed by atoms with Gasteiger partial charge in [-0.3, -0.25) is 9.69 Å². The van der Waals surface area contributed by atoms with Crippen LogP contribution >= 0.6 is 0 Å². The van der Waals surface area contributed by atoms with Crippen molar-refractivity contribution < 1.29 is 14.3 Å². The van der Waals surface area contributed by atoms with Gasteiger partial charge in [-0.25, -0.2) is 4.79 Å². The van der Waals surface area contributed by atoms with Crippen LogP contribution in [-0.4, -0.2) is 55.1 Å². The molecule has 1 fully saturated rings. The summed E-state index contributed by atoms with van der Waals surface area (Å²) in [6, 6.07) is 0.246. The van der Waals surface area contributed by atoms with Crippen molar-refractivity contribution in [3.8, 4) is 0 Å². The first-order valence-electron chi connectivity index (χ1n) is 6.22. The summed E-state index contributed by atoms with van der Waals surface area (Å²) in [6.45, 7) is 5.21. The van der Waals surface area contributed by atoms with Gasteiger partial charge in [0.1, 0.15) is 5.54 Å². The average molecular weight is 257 g/mol. The second-order valence-electron chi connectivity index (χ2n) is 5.28. The zero-order chi connectivity index (χ0) is 13.8. The molecule has 1 amide bonds. The van der Waals surface area contributed by atoms with Gasteiger partial charge >= 0.3 is 5.97 Å². The number of nitrogens with two attached hydrogens (primary N) is 1. The number of carbonyl (C=O) groups excluding carboxylic acids is 2. The minimum Gasteiger partial charge on any atom is -0.467 e. The molecule has 3 N–H and O–H groups in total. The summed E-state index contributed by atoms with van der Waals surface area (Å²) >= 11 is 0. The Morgan fingerprint density at radius 2 is 1.94 bits per heavy atom. The molecule has 1 saturated heterocycles. The van der Waals surface area contributed by atoms with Gasteiger partial charge in [-0.1, -0.05) is 0 Å². The first-order chi connectivity index (χ1) is 8.35. The van der Waals surface area contributed by atoms with Gasteiger partial charge < -0.3 is 15.8 Å². The molecule has 18 heavy (non-hydrogen) atoms. The number of rotatable bonds is 4. The normalized spacial score (nSPS) is 18.4. The van der Waals surface area contributed by atoms with Gasteiger partial charge in [-0.2, -0.15) is 0 Å². The van der Waals surface area contributed by atoms with E-state index in [1.807, 2.05) is 4.90 Å². The highest BCUT2D eigenvalue weighted by Gasteiger charge is 2.31. The fraction of sp³-hybridized carbons (Fsp3) is 0.833. The third-order valence-electron chi connectivity index (χ3n) is 3.15. The Bertz CT molecular complexity index is 310. The fourth-order valence-corrected chi connectivity index (χ4v) is 2.01. The smallest absolute Gasteiger partial charge is 0.330 e. The Morgan fingerprint density at radius 1 is 1.39 bits per heavy atom. The molecule has 6 heteroatoms. The van der Waals surface area contributed by atoms with E-state index < -0.39 is 11.5 Å². The molecule has 1 heterocycles. The summed E-state index contributed by atoms with van der Waals surface area (Å²) in [5.41, 5.74) is 4.81. The summed E-state index contributed by atoms with van der Waals surface area (Å²) in [7, 11) is 1.31. The van der Waals surface area contributed by atoms with Gasteiger partial charge in [0.25, 0.3) is 0 Å². The third kappa shape index (κ3) is 4.27. The number of hydrogen-bond donors (Lipinski definition) is 2. The molecule has 0 aromatic carbocycles. The van der Waals surface area contributed by atoms with Crippen molar-refractivity contribution in [1.82, 2.24) is 10.2 Å². The monoisotopic (exact) mass is 257 g/mol. The Kier molecular flexibility index (Phi) is 5.10. The Hall–Kier alpha value is -1.14. The van der Waals surface area contributed by atoms with Crippen molar-refractivity contribution in [2.75, 3.05) is 26.7 Å². The first kappa shape index (κ1) is 14.9. The van der Waals surface area contributed by atoms with E-state index in [2.05, 4.69) is 10.1 Å². The van der Waals surface area contributed by atoms with Crippen LogP contribution in [0.25, 0.3) is 0 Å². The maximum atomic E-state index is 11.8. The number of likely N-dealkylation sites (tertiary alicyclic amines) is 1. The highest BCUT2D eigenvalue weighted by atomic mass is 16.5. The van der Waals surface area contributed by atoms with Gasteiger partial charge in [0, 0.05) is 19.1 Å². The number of hydrogen-bond acceptors (Lipinski definition) is 5. The van der Waals surface area contributed by atoms with Crippen LogP contribution in [0.15, 0.2) is 0 Å². The quantitative estimate of drug-likeness (QED) is 0.662. The summed E-state index contributed by atoms with van der Waals surface area (Å²) in [5, 5.41) is 2.68. The molecule has 0 radical (unpaired) electrons. The second-order valence-corrected chi connectivity index (χ2v) is 5.28. The maximum Gasteiger partial charge on any atom is 0.330 e. The maximum absolute atomic E-state index is 11.8. The van der Waals surface area contributed by atoms with Crippen LogP contribution in [0.2, 0.25) is 0 Å². The van der Waals surface area contributed by atoms with E-state index in [9.17, 15) is 9.59 Å². The zero-order valence-electron chi connectivity index (χ0n) is 11.4. The molecule has 1 rings (SSSR count). The van der Waals surface area contributed by atoms with Crippen molar-refractivity contribution in [3.05, 3.63) is 0 Å². The Balaban J connectivity index is 2.39. The molecule has 1 aliphatic heterocycles. The molecular formula is C12H23N3O3. The number of nitrogens with zero attached hydrogens (tertiary/aromatic N) is 1. The summed E-state index contributed by atoms with van der Waals surface area (Å²) in [5.74, 6) is -0.614. The van der Waals surface area contributed by atoms with Crippen LogP contribution in [0.1, 0.15) is 26.7 Å². The number of methoxy groups -OCH3 is 1. The molecule has 6 nitrogen and oxygen atoms in total. The standard InChI is InChI=1S/C12H23N3O3/c1-12(2,11(17)18-3)14-10(16)8-15-6-4-9(13)5-7-15/h9H,4-8,13H2,1-3H3,(H,14,16). The lowest BCUT2D eigenvalue weighted by Gasteiger charge is -2.31.